The summed E-state index contributed by atoms with van der Waals surface area (Å²) in [4.78, 5) is 9.35. The summed E-state index contributed by atoms with van der Waals surface area (Å²) in [6, 6.07) is 8.11. The minimum absolute atomic E-state index is 0.398. The Balaban J connectivity index is 2.06. The zero-order valence-corrected chi connectivity index (χ0v) is 12.5. The van der Waals surface area contributed by atoms with E-state index in [9.17, 15) is 0 Å². The van der Waals surface area contributed by atoms with E-state index >= 15 is 0 Å². The molecule has 4 heteroatoms. The fourth-order valence-corrected chi connectivity index (χ4v) is 3.14. The molecule has 3 nitrogen and oxygen atoms in total. The van der Waals surface area contributed by atoms with Crippen LogP contribution in [0.15, 0.2) is 24.3 Å². The molecule has 1 aromatic heterocycles. The van der Waals surface area contributed by atoms with E-state index in [1.165, 1.54) is 12.0 Å². The summed E-state index contributed by atoms with van der Waals surface area (Å²) in [7, 11) is 0. The van der Waals surface area contributed by atoms with Gasteiger partial charge in [0.2, 0.25) is 0 Å². The average molecular weight is 288 g/mol. The van der Waals surface area contributed by atoms with Crippen LogP contribution in [0.1, 0.15) is 35.8 Å². The maximum Gasteiger partial charge on any atom is 0.161 e. The number of aromatic nitrogens is 2. The lowest BCUT2D eigenvalue weighted by atomic mass is 10.0. The second kappa shape index (κ2) is 5.51. The highest BCUT2D eigenvalue weighted by atomic mass is 35.5. The van der Waals surface area contributed by atoms with E-state index in [4.69, 9.17) is 11.6 Å². The van der Waals surface area contributed by atoms with E-state index < -0.39 is 0 Å². The first-order valence-electron chi connectivity index (χ1n) is 7.00. The lowest BCUT2D eigenvalue weighted by molar-refractivity contribution is 0.630. The molecule has 104 valence electrons. The van der Waals surface area contributed by atoms with Crippen molar-refractivity contribution in [2.45, 2.75) is 32.7 Å². The van der Waals surface area contributed by atoms with Crippen LogP contribution in [0.4, 0.5) is 0 Å². The van der Waals surface area contributed by atoms with E-state index in [0.29, 0.717) is 16.9 Å². The molecule has 2 heterocycles. The van der Waals surface area contributed by atoms with E-state index in [-0.39, 0.29) is 0 Å². The van der Waals surface area contributed by atoms with Crippen LogP contribution in [0.5, 0.6) is 0 Å². The van der Waals surface area contributed by atoms with Crippen LogP contribution in [0, 0.1) is 13.8 Å². The number of hydrogen-bond donors (Lipinski definition) is 1. The van der Waals surface area contributed by atoms with Crippen LogP contribution in [0.3, 0.4) is 0 Å². The van der Waals surface area contributed by atoms with Crippen LogP contribution in [0.2, 0.25) is 5.02 Å². The van der Waals surface area contributed by atoms with Gasteiger partial charge < -0.3 is 5.32 Å². The lowest BCUT2D eigenvalue weighted by Gasteiger charge is -2.17. The average Bonchev–Trinajstić information content (AvgIpc) is 2.92. The second-order valence-electron chi connectivity index (χ2n) is 5.26. The van der Waals surface area contributed by atoms with Crippen molar-refractivity contribution in [3.8, 4) is 11.4 Å². The van der Waals surface area contributed by atoms with Crippen molar-refractivity contribution < 1.29 is 0 Å². The SMILES string of the molecule is Cc1nc(-c2ccccc2Cl)nc(C)c1C1CCCN1. The van der Waals surface area contributed by atoms with Gasteiger partial charge in [-0.2, -0.15) is 0 Å². The third-order valence-electron chi connectivity index (χ3n) is 3.85. The van der Waals surface area contributed by atoms with Crippen molar-refractivity contribution >= 4 is 11.6 Å². The predicted molar refractivity (Wildman–Crippen MR) is 81.9 cm³/mol. The van der Waals surface area contributed by atoms with Gasteiger partial charge >= 0.3 is 0 Å². The highest BCUT2D eigenvalue weighted by Gasteiger charge is 2.22. The third-order valence-corrected chi connectivity index (χ3v) is 4.18. The predicted octanol–water partition coefficient (Wildman–Crippen LogP) is 3.84. The molecule has 1 atom stereocenters. The summed E-state index contributed by atoms with van der Waals surface area (Å²) in [6.07, 6.45) is 2.38. The highest BCUT2D eigenvalue weighted by Crippen LogP contribution is 2.30. The molecule has 1 saturated heterocycles. The quantitative estimate of drug-likeness (QED) is 0.912. The van der Waals surface area contributed by atoms with Gasteiger partial charge in [-0.3, -0.25) is 0 Å². The highest BCUT2D eigenvalue weighted by molar-refractivity contribution is 6.33. The molecule has 0 bridgehead atoms. The number of halogens is 1. The molecule has 0 radical (unpaired) electrons. The number of aryl methyl sites for hydroxylation is 2. The van der Waals surface area contributed by atoms with E-state index in [1.54, 1.807) is 0 Å². The molecular formula is C16H18ClN3. The van der Waals surface area contributed by atoms with E-state index in [2.05, 4.69) is 29.1 Å². The second-order valence-corrected chi connectivity index (χ2v) is 5.67. The standard InChI is InChI=1S/C16H18ClN3/c1-10-15(14-8-5-9-18-14)11(2)20-16(19-10)12-6-3-4-7-13(12)17/h3-4,6-7,14,18H,5,8-9H2,1-2H3. The first-order valence-corrected chi connectivity index (χ1v) is 7.38. The van der Waals surface area contributed by atoms with Gasteiger partial charge in [-0.15, -0.1) is 0 Å². The minimum Gasteiger partial charge on any atom is -0.310 e. The number of rotatable bonds is 2. The fraction of sp³-hybridized carbons (Fsp3) is 0.375. The maximum atomic E-state index is 6.24. The Kier molecular flexibility index (Phi) is 3.72. The Morgan fingerprint density at radius 1 is 1.15 bits per heavy atom. The molecule has 1 aromatic carbocycles. The summed E-state index contributed by atoms with van der Waals surface area (Å²) < 4.78 is 0. The molecule has 0 amide bonds. The van der Waals surface area contributed by atoms with Gasteiger partial charge in [0.15, 0.2) is 5.82 Å². The van der Waals surface area contributed by atoms with Crippen molar-refractivity contribution in [3.63, 3.8) is 0 Å². The Morgan fingerprint density at radius 3 is 2.45 bits per heavy atom. The first-order chi connectivity index (χ1) is 9.66. The largest absolute Gasteiger partial charge is 0.310 e. The zero-order chi connectivity index (χ0) is 14.1. The Hall–Kier alpha value is -1.45. The van der Waals surface area contributed by atoms with Gasteiger partial charge in [0.25, 0.3) is 0 Å². The normalized spacial score (nSPS) is 18.4. The number of nitrogens with zero attached hydrogens (tertiary/aromatic N) is 2. The molecule has 1 aliphatic rings. The van der Waals surface area contributed by atoms with Gasteiger partial charge in [-0.25, -0.2) is 9.97 Å². The Morgan fingerprint density at radius 2 is 1.85 bits per heavy atom. The third kappa shape index (κ3) is 2.43. The topological polar surface area (TPSA) is 37.8 Å². The molecule has 20 heavy (non-hydrogen) atoms. The first kappa shape index (κ1) is 13.5. The molecule has 1 N–H and O–H groups in total. The van der Waals surface area contributed by atoms with E-state index in [0.717, 1.165) is 29.9 Å². The molecule has 0 saturated carbocycles. The van der Waals surface area contributed by atoms with Crippen molar-refractivity contribution in [2.24, 2.45) is 0 Å². The van der Waals surface area contributed by atoms with Crippen LogP contribution in [0.25, 0.3) is 11.4 Å². The molecular weight excluding hydrogens is 270 g/mol. The van der Waals surface area contributed by atoms with Gasteiger partial charge in [0.1, 0.15) is 0 Å². The summed E-state index contributed by atoms with van der Waals surface area (Å²) in [5.74, 6) is 0.715. The fourth-order valence-electron chi connectivity index (χ4n) is 2.92. The van der Waals surface area contributed by atoms with Crippen LogP contribution >= 0.6 is 11.6 Å². The van der Waals surface area contributed by atoms with Crippen LogP contribution in [-0.2, 0) is 0 Å². The summed E-state index contributed by atoms with van der Waals surface area (Å²) in [6.45, 7) is 5.20. The van der Waals surface area contributed by atoms with E-state index in [1.807, 2.05) is 24.3 Å². The van der Waals surface area contributed by atoms with Gasteiger partial charge in [-0.1, -0.05) is 23.7 Å². The smallest absolute Gasteiger partial charge is 0.161 e. The number of hydrogen-bond acceptors (Lipinski definition) is 3. The van der Waals surface area contributed by atoms with Crippen LogP contribution in [-0.4, -0.2) is 16.5 Å². The molecule has 3 rings (SSSR count). The molecule has 1 fully saturated rings. The lowest BCUT2D eigenvalue weighted by Crippen LogP contribution is -2.17. The van der Waals surface area contributed by atoms with Crippen LogP contribution < -0.4 is 5.32 Å². The van der Waals surface area contributed by atoms with Crippen molar-refractivity contribution in [3.05, 3.63) is 46.2 Å². The van der Waals surface area contributed by atoms with Crippen molar-refractivity contribution in [1.29, 1.82) is 0 Å². The molecule has 0 aliphatic carbocycles. The van der Waals surface area contributed by atoms with Gasteiger partial charge in [0.05, 0.1) is 5.02 Å². The summed E-state index contributed by atoms with van der Waals surface area (Å²) >= 11 is 6.24. The van der Waals surface area contributed by atoms with Crippen molar-refractivity contribution in [2.75, 3.05) is 6.54 Å². The summed E-state index contributed by atoms with van der Waals surface area (Å²) in [5, 5.41) is 4.21. The molecule has 1 aliphatic heterocycles. The zero-order valence-electron chi connectivity index (χ0n) is 11.8. The number of benzene rings is 1. The number of nitrogens with one attached hydrogen (secondary N) is 1. The summed E-state index contributed by atoms with van der Waals surface area (Å²) in [5.41, 5.74) is 4.24. The maximum absolute atomic E-state index is 6.24. The molecule has 0 spiro atoms. The van der Waals surface area contributed by atoms with Crippen molar-refractivity contribution in [1.82, 2.24) is 15.3 Å². The van der Waals surface area contributed by atoms with Gasteiger partial charge in [-0.05, 0) is 45.4 Å². The minimum atomic E-state index is 0.398. The molecule has 1 unspecified atom stereocenters. The monoisotopic (exact) mass is 287 g/mol. The Bertz CT molecular complexity index is 610. The van der Waals surface area contributed by atoms with Gasteiger partial charge in [0, 0.05) is 28.6 Å². The molecule has 2 aromatic rings. The Labute approximate surface area is 124 Å².